The predicted molar refractivity (Wildman–Crippen MR) is 105 cm³/mol. The van der Waals surface area contributed by atoms with E-state index in [-0.39, 0.29) is 46.4 Å². The molecule has 5 heteroatoms. The zero-order chi connectivity index (χ0) is 19.7. The second-order valence-corrected chi connectivity index (χ2v) is 10.6. The summed E-state index contributed by atoms with van der Waals surface area (Å²) in [5.74, 6) is 0. The van der Waals surface area contributed by atoms with Gasteiger partial charge in [-0.25, -0.2) is 0 Å². The van der Waals surface area contributed by atoms with Crippen LogP contribution in [0.2, 0.25) is 0 Å². The van der Waals surface area contributed by atoms with Gasteiger partial charge in [-0.1, -0.05) is 31.5 Å². The van der Waals surface area contributed by atoms with Gasteiger partial charge in [0.2, 0.25) is 0 Å². The molecule has 0 radical (unpaired) electrons. The van der Waals surface area contributed by atoms with Gasteiger partial charge in [0.15, 0.2) is 6.29 Å². The minimum Gasteiger partial charge on any atom is -0.655 e. The largest absolute Gasteiger partial charge is 0.655 e. The first kappa shape index (κ1) is 18.1. The van der Waals surface area contributed by atoms with E-state index in [2.05, 4.69) is 27.4 Å². The lowest BCUT2D eigenvalue weighted by atomic mass is 9.21. The van der Waals surface area contributed by atoms with Crippen molar-refractivity contribution in [2.45, 2.75) is 88.6 Å². The van der Waals surface area contributed by atoms with Crippen molar-refractivity contribution in [2.75, 3.05) is 13.7 Å². The van der Waals surface area contributed by atoms with Gasteiger partial charge in [-0.3, -0.25) is 0 Å². The first-order valence-corrected chi connectivity index (χ1v) is 10.8. The van der Waals surface area contributed by atoms with Gasteiger partial charge < -0.3 is 24.6 Å². The Balaban J connectivity index is 1.66. The molecule has 2 heterocycles. The van der Waals surface area contributed by atoms with Crippen LogP contribution in [0, 0.1) is 16.2 Å². The second-order valence-electron chi connectivity index (χ2n) is 10.6. The highest BCUT2D eigenvalue weighted by molar-refractivity contribution is 5.53. The number of hydrogen-bond acceptors (Lipinski definition) is 4. The van der Waals surface area contributed by atoms with Crippen molar-refractivity contribution in [3.63, 3.8) is 0 Å². The van der Waals surface area contributed by atoms with Crippen LogP contribution in [0.4, 0.5) is 0 Å². The van der Waals surface area contributed by atoms with Crippen molar-refractivity contribution >= 4 is 0 Å². The van der Waals surface area contributed by atoms with Gasteiger partial charge in [-0.2, -0.15) is 7.05 Å². The summed E-state index contributed by atoms with van der Waals surface area (Å²) in [6, 6.07) is 0. The smallest absolute Gasteiger partial charge is 0.177 e. The maximum Gasteiger partial charge on any atom is 0.177 e. The zero-order valence-electron chi connectivity index (χ0n) is 17.5. The maximum absolute atomic E-state index is 11.9. The highest BCUT2D eigenvalue weighted by Gasteiger charge is 2.88. The molecule has 0 aromatic heterocycles. The quantitative estimate of drug-likeness (QED) is 0.738. The molecule has 2 saturated heterocycles. The van der Waals surface area contributed by atoms with Crippen LogP contribution in [-0.4, -0.2) is 54.5 Å². The van der Waals surface area contributed by atoms with Crippen LogP contribution < -0.4 is 0 Å². The van der Waals surface area contributed by atoms with Gasteiger partial charge in [0, 0.05) is 23.5 Å². The molecule has 4 unspecified atom stereocenters. The Kier molecular flexibility index (Phi) is 3.19. The van der Waals surface area contributed by atoms with Crippen LogP contribution in [0.15, 0.2) is 23.8 Å². The zero-order valence-corrected chi connectivity index (χ0v) is 17.5. The van der Waals surface area contributed by atoms with E-state index >= 15 is 0 Å². The van der Waals surface area contributed by atoms with E-state index in [0.717, 1.165) is 32.1 Å². The molecule has 6 aliphatic rings. The highest BCUT2D eigenvalue weighted by atomic mass is 16.7. The monoisotopic (exact) mass is 386 g/mol. The summed E-state index contributed by atoms with van der Waals surface area (Å²) in [6.45, 7) is 11.5. The summed E-state index contributed by atoms with van der Waals surface area (Å²) in [7, 11) is 1.96. The Morgan fingerprint density at radius 2 is 2.04 bits per heavy atom. The van der Waals surface area contributed by atoms with Crippen molar-refractivity contribution in [1.29, 1.82) is 0 Å². The average molecular weight is 387 g/mol. The van der Waals surface area contributed by atoms with Crippen molar-refractivity contribution in [1.82, 2.24) is 0 Å². The second kappa shape index (κ2) is 4.94. The molecule has 6 rings (SSSR count). The van der Waals surface area contributed by atoms with E-state index in [1.807, 2.05) is 7.05 Å². The molecule has 1 spiro atoms. The van der Waals surface area contributed by atoms with Crippen molar-refractivity contribution < 1.29 is 19.3 Å². The maximum atomic E-state index is 11.9. The number of likely N-dealkylation sites (N-methyl/N-ethyl adjacent to an activating group) is 1. The van der Waals surface area contributed by atoms with Crippen LogP contribution in [-0.2, 0) is 14.2 Å². The van der Waals surface area contributed by atoms with Gasteiger partial charge in [0.25, 0.3) is 0 Å². The van der Waals surface area contributed by atoms with Crippen LogP contribution >= 0.6 is 0 Å². The minimum atomic E-state index is -0.696. The fraction of sp³-hybridized carbons (Fsp3) is 0.826. The van der Waals surface area contributed by atoms with E-state index < -0.39 is 5.60 Å². The standard InChI is InChI=1S/C23H32NO4/c1-6-15-27-17-16-13(2)7-10-21(25)11-23(20(16,21)4)19(3,18(17)28-15)9-8-14-22(23,24-5)12-26-14/h6,14-15,17-18,25H,1,7-12H2,2-5H3/q-1/t14-,15-,17-,18?,19+,20?,21-,22?,23?/m1/s1. The number of ether oxygens (including phenoxy) is 3. The number of fused-ring (bicyclic) bond motifs is 4. The molecule has 4 aliphatic carbocycles. The molecule has 5 nitrogen and oxygen atoms in total. The van der Waals surface area contributed by atoms with Crippen LogP contribution in [0.5, 0.6) is 0 Å². The number of nitrogens with zero attached hydrogens (tertiary/aromatic N) is 1. The van der Waals surface area contributed by atoms with Crippen LogP contribution in [0.25, 0.3) is 5.32 Å². The number of hydrogen-bond donors (Lipinski definition) is 1. The van der Waals surface area contributed by atoms with Gasteiger partial charge in [-0.05, 0) is 56.1 Å². The molecule has 3 saturated carbocycles. The van der Waals surface area contributed by atoms with E-state index in [1.54, 1.807) is 6.08 Å². The Labute approximate surface area is 167 Å². The third-order valence-electron chi connectivity index (χ3n) is 10.3. The van der Waals surface area contributed by atoms with E-state index in [9.17, 15) is 5.11 Å². The van der Waals surface area contributed by atoms with Gasteiger partial charge in [-0.15, -0.1) is 0 Å². The molecule has 0 bridgehead atoms. The lowest BCUT2D eigenvalue weighted by Gasteiger charge is -2.90. The molecule has 9 atom stereocenters. The van der Waals surface area contributed by atoms with Crippen molar-refractivity contribution in [3.05, 3.63) is 29.1 Å². The van der Waals surface area contributed by atoms with E-state index in [0.29, 0.717) is 6.61 Å². The van der Waals surface area contributed by atoms with Gasteiger partial charge >= 0.3 is 0 Å². The Morgan fingerprint density at radius 1 is 1.25 bits per heavy atom. The Hall–Kier alpha value is -0.720. The SMILES string of the molecule is C=C[C@H]1OC2[C@H](O1)C1=C(C)CC[C@@]3(O)CC4(C5([N-]C)CO[C@@H]5CC[C@@]24C)C13C. The predicted octanol–water partition coefficient (Wildman–Crippen LogP) is 3.48. The van der Waals surface area contributed by atoms with Crippen molar-refractivity contribution in [3.8, 4) is 0 Å². The topological polar surface area (TPSA) is 62.0 Å². The molecular weight excluding hydrogens is 354 g/mol. The molecule has 28 heavy (non-hydrogen) atoms. The highest BCUT2D eigenvalue weighted by Crippen LogP contribution is 2.87. The average Bonchev–Trinajstić information content (AvgIpc) is 3.07. The summed E-state index contributed by atoms with van der Waals surface area (Å²) < 4.78 is 19.0. The summed E-state index contributed by atoms with van der Waals surface area (Å²) in [5, 5.41) is 17.0. The molecule has 154 valence electrons. The molecule has 0 aromatic carbocycles. The summed E-state index contributed by atoms with van der Waals surface area (Å²) in [5.41, 5.74) is 1.05. The normalized spacial score (nSPS) is 61.3. The van der Waals surface area contributed by atoms with Gasteiger partial charge in [0.1, 0.15) is 6.10 Å². The van der Waals surface area contributed by atoms with Gasteiger partial charge in [0.05, 0.1) is 11.7 Å². The Bertz CT molecular complexity index is 806. The molecule has 1 N–H and O–H groups in total. The molecule has 5 fully saturated rings. The summed E-state index contributed by atoms with van der Waals surface area (Å²) in [6.07, 6.45) is 5.94. The van der Waals surface area contributed by atoms with Crippen molar-refractivity contribution in [2.24, 2.45) is 16.2 Å². The molecule has 2 aliphatic heterocycles. The number of allylic oxidation sites excluding steroid dienone is 1. The van der Waals surface area contributed by atoms with Crippen LogP contribution in [0.3, 0.4) is 0 Å². The third kappa shape index (κ3) is 1.42. The first-order chi connectivity index (χ1) is 13.2. The van der Waals surface area contributed by atoms with E-state index in [1.165, 1.54) is 11.1 Å². The number of aliphatic hydroxyl groups is 1. The summed E-state index contributed by atoms with van der Waals surface area (Å²) >= 11 is 0. The summed E-state index contributed by atoms with van der Waals surface area (Å²) in [4.78, 5) is 0. The lowest BCUT2D eigenvalue weighted by Crippen LogP contribution is -2.91. The lowest BCUT2D eigenvalue weighted by molar-refractivity contribution is -0.393. The molecule has 0 amide bonds. The number of rotatable bonds is 2. The molecular formula is C23H32NO4-. The third-order valence-corrected chi connectivity index (χ3v) is 10.3. The first-order valence-electron chi connectivity index (χ1n) is 10.8. The Morgan fingerprint density at radius 3 is 2.68 bits per heavy atom. The fourth-order valence-corrected chi connectivity index (χ4v) is 9.02. The minimum absolute atomic E-state index is 0.0312. The fourth-order valence-electron chi connectivity index (χ4n) is 9.02. The van der Waals surface area contributed by atoms with E-state index in [4.69, 9.17) is 19.5 Å². The van der Waals surface area contributed by atoms with Crippen LogP contribution in [0.1, 0.15) is 52.9 Å². The molecule has 0 aromatic rings.